The summed E-state index contributed by atoms with van der Waals surface area (Å²) >= 11 is 0. The lowest BCUT2D eigenvalue weighted by atomic mass is 10.1. The van der Waals surface area contributed by atoms with E-state index in [0.717, 1.165) is 29.8 Å². The van der Waals surface area contributed by atoms with E-state index >= 15 is 0 Å². The summed E-state index contributed by atoms with van der Waals surface area (Å²) in [6.45, 7) is 13.6. The van der Waals surface area contributed by atoms with Crippen molar-refractivity contribution in [2.24, 2.45) is 0 Å². The van der Waals surface area contributed by atoms with Crippen molar-refractivity contribution >= 4 is 13.8 Å². The third-order valence-electron chi connectivity index (χ3n) is 5.62. The Morgan fingerprint density at radius 2 is 1.18 bits per heavy atom. The molecule has 0 fully saturated rings. The maximum Gasteiger partial charge on any atom is 0.129 e. The van der Waals surface area contributed by atoms with Gasteiger partial charge in [0, 0.05) is 29.8 Å². The molecule has 0 saturated carbocycles. The lowest BCUT2D eigenvalue weighted by Crippen LogP contribution is -2.26. The van der Waals surface area contributed by atoms with Crippen molar-refractivity contribution in [1.82, 2.24) is 0 Å². The second-order valence-electron chi connectivity index (χ2n) is 9.95. The monoisotopic (exact) mass is 457 g/mol. The maximum atomic E-state index is 3.47. The van der Waals surface area contributed by atoms with Gasteiger partial charge < -0.3 is 4.90 Å². The fraction of sp³-hybridized carbons (Fsp3) is 0.484. The van der Waals surface area contributed by atoms with Gasteiger partial charge in [-0.1, -0.05) is 102 Å². The van der Waals surface area contributed by atoms with Crippen LogP contribution in [-0.2, 0) is 0 Å². The number of unbranched alkanes of at least 4 members (excludes halogenated alkanes) is 6. The van der Waals surface area contributed by atoms with Crippen LogP contribution in [0.1, 0.15) is 81.9 Å². The second-order valence-corrected chi connectivity index (χ2v) is 14.7. The average Bonchev–Trinajstić information content (AvgIpc) is 2.81. The lowest BCUT2D eigenvalue weighted by Gasteiger charge is -2.26. The molecule has 0 N–H and O–H groups in total. The fourth-order valence-corrected chi connectivity index (χ4v) is 4.22. The van der Waals surface area contributed by atoms with E-state index in [2.05, 4.69) is 110 Å². The minimum atomic E-state index is -1.35. The van der Waals surface area contributed by atoms with Crippen LogP contribution in [0.2, 0.25) is 19.6 Å². The van der Waals surface area contributed by atoms with E-state index in [1.54, 1.807) is 0 Å². The summed E-state index contributed by atoms with van der Waals surface area (Å²) in [4.78, 5) is 2.57. The molecule has 0 radical (unpaired) electrons. The molecule has 176 valence electrons. The SMILES string of the molecule is CCCCCCN(CCCCCC)c1ccccc1C#Cc1ccc(C#C[Si](C)(C)C)cc1. The highest BCUT2D eigenvalue weighted by molar-refractivity contribution is 6.83. The first-order valence-electron chi connectivity index (χ1n) is 12.9. The zero-order valence-corrected chi connectivity index (χ0v) is 22.6. The van der Waals surface area contributed by atoms with Gasteiger partial charge in [0.1, 0.15) is 8.07 Å². The summed E-state index contributed by atoms with van der Waals surface area (Å²) in [7, 11) is -1.35. The van der Waals surface area contributed by atoms with Crippen LogP contribution >= 0.6 is 0 Å². The summed E-state index contributed by atoms with van der Waals surface area (Å²) in [6.07, 6.45) is 10.3. The van der Waals surface area contributed by atoms with Gasteiger partial charge in [0.05, 0.1) is 5.69 Å². The van der Waals surface area contributed by atoms with Gasteiger partial charge in [0.25, 0.3) is 0 Å². The summed E-state index contributed by atoms with van der Waals surface area (Å²) < 4.78 is 0. The van der Waals surface area contributed by atoms with Gasteiger partial charge >= 0.3 is 0 Å². The molecule has 0 atom stereocenters. The summed E-state index contributed by atoms with van der Waals surface area (Å²) in [5, 5.41) is 0. The molecule has 33 heavy (non-hydrogen) atoms. The Hall–Kier alpha value is -2.42. The lowest BCUT2D eigenvalue weighted by molar-refractivity contribution is 0.608. The van der Waals surface area contributed by atoms with Crippen molar-refractivity contribution < 1.29 is 0 Å². The molecule has 0 bridgehead atoms. The Morgan fingerprint density at radius 3 is 1.73 bits per heavy atom. The minimum Gasteiger partial charge on any atom is -0.371 e. The largest absolute Gasteiger partial charge is 0.371 e. The number of anilines is 1. The van der Waals surface area contributed by atoms with Crippen molar-refractivity contribution in [3.63, 3.8) is 0 Å². The third kappa shape index (κ3) is 10.8. The van der Waals surface area contributed by atoms with Gasteiger partial charge in [-0.2, -0.15) is 0 Å². The van der Waals surface area contributed by atoms with Crippen LogP contribution in [0.3, 0.4) is 0 Å². The van der Waals surface area contributed by atoms with Crippen LogP contribution in [-0.4, -0.2) is 21.2 Å². The van der Waals surface area contributed by atoms with Gasteiger partial charge in [-0.25, -0.2) is 0 Å². The Labute approximate surface area is 205 Å². The predicted molar refractivity (Wildman–Crippen MR) is 150 cm³/mol. The van der Waals surface area contributed by atoms with Crippen LogP contribution in [0, 0.1) is 23.3 Å². The van der Waals surface area contributed by atoms with Crippen LogP contribution in [0.15, 0.2) is 48.5 Å². The topological polar surface area (TPSA) is 3.24 Å². The van der Waals surface area contributed by atoms with Gasteiger partial charge in [-0.3, -0.25) is 0 Å². The van der Waals surface area contributed by atoms with E-state index in [4.69, 9.17) is 0 Å². The van der Waals surface area contributed by atoms with Gasteiger partial charge in [0.15, 0.2) is 0 Å². The number of benzene rings is 2. The number of para-hydroxylation sites is 1. The number of hydrogen-bond acceptors (Lipinski definition) is 1. The Balaban J connectivity index is 2.17. The molecular weight excluding hydrogens is 414 g/mol. The summed E-state index contributed by atoms with van der Waals surface area (Å²) in [5.41, 5.74) is 7.97. The van der Waals surface area contributed by atoms with Crippen molar-refractivity contribution in [2.75, 3.05) is 18.0 Å². The first-order chi connectivity index (χ1) is 15.9. The molecule has 0 unspecified atom stereocenters. The van der Waals surface area contributed by atoms with E-state index in [1.165, 1.54) is 57.1 Å². The van der Waals surface area contributed by atoms with E-state index < -0.39 is 8.07 Å². The highest BCUT2D eigenvalue weighted by Crippen LogP contribution is 2.22. The first kappa shape index (κ1) is 26.8. The second kappa shape index (κ2) is 14.7. The number of nitrogens with zero attached hydrogens (tertiary/aromatic N) is 1. The van der Waals surface area contributed by atoms with Crippen LogP contribution < -0.4 is 4.90 Å². The Morgan fingerprint density at radius 1 is 0.636 bits per heavy atom. The molecule has 2 heteroatoms. The van der Waals surface area contributed by atoms with E-state index in [9.17, 15) is 0 Å². The van der Waals surface area contributed by atoms with Crippen LogP contribution in [0.5, 0.6) is 0 Å². The predicted octanol–water partition coefficient (Wildman–Crippen LogP) is 8.28. The normalized spacial score (nSPS) is 10.7. The molecule has 0 aliphatic carbocycles. The van der Waals surface area contributed by atoms with Crippen molar-refractivity contribution in [3.05, 3.63) is 65.2 Å². The molecule has 0 spiro atoms. The molecule has 0 aliphatic heterocycles. The maximum absolute atomic E-state index is 3.47. The standard InChI is InChI=1S/C31H43NSi/c1-6-8-10-14-25-32(26-15-11-9-7-2)31-17-13-12-16-30(31)23-22-28-18-20-29(21-19-28)24-27-33(3,4)5/h12-13,16-21H,6-11,14-15,25-26H2,1-5H3. The Bertz CT molecular complexity index is 933. The van der Waals surface area contributed by atoms with E-state index in [-0.39, 0.29) is 0 Å². The molecule has 0 heterocycles. The van der Waals surface area contributed by atoms with Crippen LogP contribution in [0.4, 0.5) is 5.69 Å². The molecule has 2 aromatic rings. The molecule has 0 amide bonds. The zero-order valence-electron chi connectivity index (χ0n) is 21.6. The highest BCUT2D eigenvalue weighted by atomic mass is 28.3. The van der Waals surface area contributed by atoms with E-state index in [0.29, 0.717) is 0 Å². The van der Waals surface area contributed by atoms with Gasteiger partial charge in [-0.05, 0) is 49.2 Å². The molecule has 1 nitrogen and oxygen atoms in total. The molecule has 2 aromatic carbocycles. The summed E-state index contributed by atoms with van der Waals surface area (Å²) in [6, 6.07) is 17.0. The van der Waals surface area contributed by atoms with Crippen LogP contribution in [0.25, 0.3) is 0 Å². The smallest absolute Gasteiger partial charge is 0.129 e. The minimum absolute atomic E-state index is 1.04. The summed E-state index contributed by atoms with van der Waals surface area (Å²) in [5.74, 6) is 10.2. The van der Waals surface area contributed by atoms with E-state index in [1.807, 2.05) is 0 Å². The zero-order chi connectivity index (χ0) is 23.9. The third-order valence-corrected chi connectivity index (χ3v) is 6.49. The number of rotatable bonds is 11. The molecule has 0 aromatic heterocycles. The van der Waals surface area contributed by atoms with Gasteiger partial charge in [0.2, 0.25) is 0 Å². The van der Waals surface area contributed by atoms with Crippen molar-refractivity contribution in [1.29, 1.82) is 0 Å². The quantitative estimate of drug-likeness (QED) is 0.186. The van der Waals surface area contributed by atoms with Crippen molar-refractivity contribution in [2.45, 2.75) is 84.9 Å². The highest BCUT2D eigenvalue weighted by Gasteiger charge is 2.10. The molecule has 0 saturated heterocycles. The molecular formula is C31H43NSi. The first-order valence-corrected chi connectivity index (χ1v) is 16.4. The number of hydrogen-bond donors (Lipinski definition) is 0. The van der Waals surface area contributed by atoms with Crippen molar-refractivity contribution in [3.8, 4) is 23.3 Å². The Kier molecular flexibility index (Phi) is 11.9. The molecule has 2 rings (SSSR count). The fourth-order valence-electron chi connectivity index (χ4n) is 3.70. The van der Waals surface area contributed by atoms with Gasteiger partial charge in [-0.15, -0.1) is 5.54 Å². The molecule has 0 aliphatic rings. The average molecular weight is 458 g/mol.